The van der Waals surface area contributed by atoms with Gasteiger partial charge in [0.25, 0.3) is 0 Å². The summed E-state index contributed by atoms with van der Waals surface area (Å²) in [4.78, 5) is 15.3. The van der Waals surface area contributed by atoms with Crippen molar-refractivity contribution in [2.75, 3.05) is 39.2 Å². The summed E-state index contributed by atoms with van der Waals surface area (Å²) < 4.78 is 13.2. The fourth-order valence-corrected chi connectivity index (χ4v) is 3.51. The molecule has 1 fully saturated rings. The van der Waals surface area contributed by atoms with Crippen molar-refractivity contribution >= 4 is 17.0 Å². The van der Waals surface area contributed by atoms with Crippen molar-refractivity contribution in [3.8, 4) is 5.75 Å². The highest BCUT2D eigenvalue weighted by atomic mass is 16.5. The second-order valence-electron chi connectivity index (χ2n) is 6.73. The molecule has 9 heteroatoms. The Morgan fingerprint density at radius 1 is 1.21 bits per heavy atom. The number of methoxy groups -OCH3 is 1. The largest absolute Gasteiger partial charge is 0.497 e. The zero-order valence-electron chi connectivity index (χ0n) is 15.9. The van der Waals surface area contributed by atoms with Gasteiger partial charge in [-0.2, -0.15) is 0 Å². The van der Waals surface area contributed by atoms with E-state index in [1.807, 2.05) is 16.7 Å². The predicted molar refractivity (Wildman–Crippen MR) is 104 cm³/mol. The van der Waals surface area contributed by atoms with Crippen LogP contribution in [0.5, 0.6) is 5.75 Å². The highest BCUT2D eigenvalue weighted by Gasteiger charge is 2.30. The van der Waals surface area contributed by atoms with Crippen LogP contribution >= 0.6 is 0 Å². The number of nitrogens with one attached hydrogen (secondary N) is 1. The van der Waals surface area contributed by atoms with E-state index in [-0.39, 0.29) is 18.9 Å². The molecule has 0 saturated carbocycles. The van der Waals surface area contributed by atoms with E-state index < -0.39 is 0 Å². The van der Waals surface area contributed by atoms with E-state index in [0.717, 1.165) is 12.3 Å². The molecule has 1 aliphatic rings. The van der Waals surface area contributed by atoms with Gasteiger partial charge < -0.3 is 19.9 Å². The van der Waals surface area contributed by atoms with Crippen molar-refractivity contribution in [2.45, 2.75) is 18.9 Å². The highest BCUT2D eigenvalue weighted by Crippen LogP contribution is 2.26. The van der Waals surface area contributed by atoms with Crippen LogP contribution in [-0.2, 0) is 11.3 Å². The van der Waals surface area contributed by atoms with Crippen molar-refractivity contribution in [3.05, 3.63) is 42.5 Å². The molecule has 2 N–H and O–H groups in total. The molecule has 0 spiro atoms. The number of nitrogens with zero attached hydrogens (tertiary/aromatic N) is 5. The number of aromatic nitrogens is 4. The van der Waals surface area contributed by atoms with Gasteiger partial charge in [-0.1, -0.05) is 12.1 Å². The maximum atomic E-state index is 9.73. The van der Waals surface area contributed by atoms with Gasteiger partial charge in [-0.25, -0.2) is 15.0 Å². The number of aliphatic hydroxyl groups excluding tert-OH is 1. The summed E-state index contributed by atoms with van der Waals surface area (Å²) >= 11 is 0. The van der Waals surface area contributed by atoms with Gasteiger partial charge in [-0.15, -0.1) is 0 Å². The molecule has 1 aliphatic heterocycles. The molecule has 2 atom stereocenters. The summed E-state index contributed by atoms with van der Waals surface area (Å²) in [5.74, 6) is 1.51. The lowest BCUT2D eigenvalue weighted by Gasteiger charge is -2.37. The molecule has 0 bridgehead atoms. The van der Waals surface area contributed by atoms with Crippen LogP contribution in [0.15, 0.2) is 36.9 Å². The lowest BCUT2D eigenvalue weighted by atomic mass is 10.1. The van der Waals surface area contributed by atoms with Crippen molar-refractivity contribution < 1.29 is 14.6 Å². The van der Waals surface area contributed by atoms with E-state index in [0.29, 0.717) is 30.1 Å². The van der Waals surface area contributed by atoms with Gasteiger partial charge in [-0.3, -0.25) is 9.47 Å². The molecule has 0 amide bonds. The average Bonchev–Trinajstić information content (AvgIpc) is 3.18. The zero-order valence-corrected chi connectivity index (χ0v) is 15.9. The number of ether oxygens (including phenoxy) is 2. The molecule has 148 valence electrons. The van der Waals surface area contributed by atoms with Crippen LogP contribution < -0.4 is 10.1 Å². The third-order valence-corrected chi connectivity index (χ3v) is 4.90. The van der Waals surface area contributed by atoms with Gasteiger partial charge in [0.15, 0.2) is 11.5 Å². The standard InChI is InChI=1S/C19H24N6O3/c1-20-18-17-19(22-11-21-18)25(12-23-17)16-9-24(8-15(10-26)28-16)7-13-3-5-14(27-2)6-4-13/h3-6,11-12,15-16,26H,7-10H2,1-2H3,(H,20,21,22)/t15-,16+/m0/s1. The van der Waals surface area contributed by atoms with Crippen molar-refractivity contribution in [1.29, 1.82) is 0 Å². The zero-order chi connectivity index (χ0) is 19.5. The van der Waals surface area contributed by atoms with E-state index >= 15 is 0 Å². The summed E-state index contributed by atoms with van der Waals surface area (Å²) in [6, 6.07) is 8.01. The summed E-state index contributed by atoms with van der Waals surface area (Å²) in [6.45, 7) is 2.03. The number of benzene rings is 1. The summed E-state index contributed by atoms with van der Waals surface area (Å²) in [7, 11) is 3.46. The smallest absolute Gasteiger partial charge is 0.167 e. The first-order valence-corrected chi connectivity index (χ1v) is 9.18. The van der Waals surface area contributed by atoms with Gasteiger partial charge in [0.2, 0.25) is 0 Å². The van der Waals surface area contributed by atoms with E-state index in [1.165, 1.54) is 11.9 Å². The number of fused-ring (bicyclic) bond motifs is 1. The molecule has 28 heavy (non-hydrogen) atoms. The molecule has 0 radical (unpaired) electrons. The van der Waals surface area contributed by atoms with Crippen LogP contribution in [0.2, 0.25) is 0 Å². The molecule has 4 rings (SSSR count). The fourth-order valence-electron chi connectivity index (χ4n) is 3.51. The predicted octanol–water partition coefficient (Wildman–Crippen LogP) is 1.27. The van der Waals surface area contributed by atoms with E-state index in [9.17, 15) is 5.11 Å². The maximum absolute atomic E-state index is 9.73. The Kier molecular flexibility index (Phi) is 5.38. The Balaban J connectivity index is 1.57. The molecule has 2 aromatic heterocycles. The Labute approximate surface area is 162 Å². The lowest BCUT2D eigenvalue weighted by Crippen LogP contribution is -2.46. The summed E-state index contributed by atoms with van der Waals surface area (Å²) in [6.07, 6.45) is 2.65. The third-order valence-electron chi connectivity index (χ3n) is 4.90. The Morgan fingerprint density at radius 3 is 2.75 bits per heavy atom. The van der Waals surface area contributed by atoms with E-state index in [1.54, 1.807) is 20.5 Å². The Bertz CT molecular complexity index is 929. The Morgan fingerprint density at radius 2 is 2.04 bits per heavy atom. The number of anilines is 1. The van der Waals surface area contributed by atoms with Gasteiger partial charge in [0.05, 0.1) is 26.1 Å². The number of morpholine rings is 1. The van der Waals surface area contributed by atoms with E-state index in [4.69, 9.17) is 9.47 Å². The number of rotatable bonds is 6. The van der Waals surface area contributed by atoms with Crippen molar-refractivity contribution in [3.63, 3.8) is 0 Å². The molecular weight excluding hydrogens is 360 g/mol. The first-order valence-electron chi connectivity index (χ1n) is 9.18. The third kappa shape index (κ3) is 3.64. The monoisotopic (exact) mass is 384 g/mol. The first-order chi connectivity index (χ1) is 13.7. The van der Waals surface area contributed by atoms with Gasteiger partial charge >= 0.3 is 0 Å². The number of hydrogen-bond acceptors (Lipinski definition) is 8. The minimum absolute atomic E-state index is 0.0427. The molecular formula is C19H24N6O3. The van der Waals surface area contributed by atoms with Crippen LogP contribution in [0, 0.1) is 0 Å². The van der Waals surface area contributed by atoms with Crippen LogP contribution in [0.25, 0.3) is 11.2 Å². The summed E-state index contributed by atoms with van der Waals surface area (Å²) in [5.41, 5.74) is 2.57. The summed E-state index contributed by atoms with van der Waals surface area (Å²) in [5, 5.41) is 12.8. The van der Waals surface area contributed by atoms with Crippen LogP contribution in [-0.4, -0.2) is 69.5 Å². The minimum Gasteiger partial charge on any atom is -0.497 e. The molecule has 3 aromatic rings. The van der Waals surface area contributed by atoms with Crippen LogP contribution in [0.1, 0.15) is 11.8 Å². The average molecular weight is 384 g/mol. The molecule has 0 aliphatic carbocycles. The SMILES string of the molecule is CNc1ncnc2c1ncn2[C@H]1CN(Cc2ccc(OC)cc2)C[C@@H](CO)O1. The molecule has 1 saturated heterocycles. The molecule has 1 aromatic carbocycles. The van der Waals surface area contributed by atoms with Gasteiger partial charge in [0.1, 0.15) is 23.8 Å². The maximum Gasteiger partial charge on any atom is 0.167 e. The van der Waals surface area contributed by atoms with Gasteiger partial charge in [-0.05, 0) is 17.7 Å². The van der Waals surface area contributed by atoms with E-state index in [2.05, 4.69) is 37.3 Å². The number of hydrogen-bond donors (Lipinski definition) is 2. The van der Waals surface area contributed by atoms with Crippen LogP contribution in [0.4, 0.5) is 5.82 Å². The Hall–Kier alpha value is -2.75. The number of imidazole rings is 1. The quantitative estimate of drug-likeness (QED) is 0.656. The molecule has 0 unspecified atom stereocenters. The first kappa shape index (κ1) is 18.6. The van der Waals surface area contributed by atoms with Gasteiger partial charge in [0, 0.05) is 26.7 Å². The normalized spacial score (nSPS) is 20.4. The second kappa shape index (κ2) is 8.09. The topological polar surface area (TPSA) is 97.6 Å². The second-order valence-corrected chi connectivity index (χ2v) is 6.73. The van der Waals surface area contributed by atoms with Crippen molar-refractivity contribution in [1.82, 2.24) is 24.4 Å². The lowest BCUT2D eigenvalue weighted by molar-refractivity contribution is -0.135. The number of aliphatic hydroxyl groups is 1. The van der Waals surface area contributed by atoms with Crippen molar-refractivity contribution in [2.24, 2.45) is 0 Å². The molecule has 3 heterocycles. The molecule has 9 nitrogen and oxygen atoms in total. The fraction of sp³-hybridized carbons (Fsp3) is 0.421. The minimum atomic E-state index is -0.297. The van der Waals surface area contributed by atoms with Crippen LogP contribution in [0.3, 0.4) is 0 Å². The highest BCUT2D eigenvalue weighted by molar-refractivity contribution is 5.82.